The topological polar surface area (TPSA) is 311 Å². The molecule has 9 N–H and O–H groups in total. The summed E-state index contributed by atoms with van der Waals surface area (Å²) in [7, 11) is 3.90. The average Bonchev–Trinajstić information content (AvgIpc) is 4.18. The Morgan fingerprint density at radius 3 is 1.70 bits per heavy atom. The highest BCUT2D eigenvalue weighted by atomic mass is 16.3. The highest BCUT2D eigenvalue weighted by molar-refractivity contribution is 6.03. The lowest BCUT2D eigenvalue weighted by molar-refractivity contribution is -0.140. The Hall–Kier alpha value is -6.91. The molecule has 1 saturated heterocycles. The van der Waals surface area contributed by atoms with E-state index in [1.54, 1.807) is 37.3 Å². The Kier molecular flexibility index (Phi) is 24.2. The van der Waals surface area contributed by atoms with Gasteiger partial charge in [-0.3, -0.25) is 47.9 Å². The van der Waals surface area contributed by atoms with Crippen molar-refractivity contribution < 1.29 is 52.4 Å². The van der Waals surface area contributed by atoms with Gasteiger partial charge in [0.25, 0.3) is 5.91 Å². The number of rotatable bonds is 30. The second-order valence-electron chi connectivity index (χ2n) is 25.4. The Balaban J connectivity index is 1.42. The fraction of sp³-hybridized carbons (Fsp3) is 0.678. The Labute approximate surface area is 484 Å². The number of amides is 10. The molecule has 2 aromatic rings. The van der Waals surface area contributed by atoms with Gasteiger partial charge in [-0.25, -0.2) is 4.98 Å². The maximum atomic E-state index is 14.4. The van der Waals surface area contributed by atoms with Gasteiger partial charge in [-0.05, 0) is 137 Å². The van der Waals surface area contributed by atoms with Gasteiger partial charge in [0.1, 0.15) is 53.1 Å². The third kappa shape index (κ3) is 20.2. The molecule has 10 amide bonds. The second-order valence-corrected chi connectivity index (χ2v) is 25.4. The normalized spacial score (nSPS) is 16.7. The minimum absolute atomic E-state index is 0.0290. The van der Waals surface area contributed by atoms with Crippen LogP contribution in [0.3, 0.4) is 0 Å². The van der Waals surface area contributed by atoms with E-state index in [9.17, 15) is 47.9 Å². The minimum Gasteiger partial charge on any atom is -0.448 e. The third-order valence-corrected chi connectivity index (χ3v) is 14.6. The van der Waals surface area contributed by atoms with Gasteiger partial charge in [0.15, 0.2) is 11.6 Å². The molecular formula is C59H94N12O11. The molecule has 1 aliphatic heterocycles. The quantitative estimate of drug-likeness (QED) is 0.0509. The number of likely N-dealkylation sites (N-methyl/N-ethyl adjacent to an activating group) is 1. The zero-order valence-corrected chi connectivity index (χ0v) is 51.1. The number of oxazole rings is 1. The highest BCUT2D eigenvalue weighted by Gasteiger charge is 2.43. The predicted molar refractivity (Wildman–Crippen MR) is 309 cm³/mol. The summed E-state index contributed by atoms with van der Waals surface area (Å²) in [6, 6.07) is 5.32. The van der Waals surface area contributed by atoms with Gasteiger partial charge < -0.3 is 62.1 Å². The lowest BCUT2D eigenvalue weighted by Gasteiger charge is -2.44. The van der Waals surface area contributed by atoms with Gasteiger partial charge in [-0.15, -0.1) is 0 Å². The van der Waals surface area contributed by atoms with Crippen LogP contribution >= 0.6 is 0 Å². The van der Waals surface area contributed by atoms with E-state index in [0.29, 0.717) is 30.8 Å². The smallest absolute Gasteiger partial charge is 0.277 e. The molecule has 0 unspecified atom stereocenters. The van der Waals surface area contributed by atoms with Crippen molar-refractivity contribution in [3.63, 3.8) is 0 Å². The highest BCUT2D eigenvalue weighted by Crippen LogP contribution is 2.32. The third-order valence-electron chi connectivity index (χ3n) is 14.6. The fourth-order valence-corrected chi connectivity index (χ4v) is 9.98. The fourth-order valence-electron chi connectivity index (χ4n) is 9.98. The van der Waals surface area contributed by atoms with Crippen molar-refractivity contribution in [1.82, 2.24) is 62.6 Å². The molecule has 1 aliphatic carbocycles. The lowest BCUT2D eigenvalue weighted by Crippen LogP contribution is -2.65. The number of nitrogens with one attached hydrogen (secondary N) is 9. The molecule has 0 bridgehead atoms. The Morgan fingerprint density at radius 1 is 0.671 bits per heavy atom. The van der Waals surface area contributed by atoms with E-state index in [4.69, 9.17) is 4.42 Å². The molecule has 4 rings (SSSR count). The first-order chi connectivity index (χ1) is 38.1. The van der Waals surface area contributed by atoms with Crippen molar-refractivity contribution in [1.29, 1.82) is 0 Å². The van der Waals surface area contributed by atoms with Crippen LogP contribution in [0.5, 0.6) is 0 Å². The van der Waals surface area contributed by atoms with Crippen molar-refractivity contribution in [2.45, 2.75) is 201 Å². The Bertz CT molecular complexity index is 2570. The van der Waals surface area contributed by atoms with E-state index in [2.05, 4.69) is 52.8 Å². The summed E-state index contributed by atoms with van der Waals surface area (Å²) in [4.78, 5) is 146. The summed E-state index contributed by atoms with van der Waals surface area (Å²) >= 11 is 0. The zero-order chi connectivity index (χ0) is 61.5. The number of aromatic nitrogens is 1. The van der Waals surface area contributed by atoms with Crippen LogP contribution < -0.4 is 47.9 Å². The summed E-state index contributed by atoms with van der Waals surface area (Å²) in [6.07, 6.45) is 4.77. The summed E-state index contributed by atoms with van der Waals surface area (Å²) in [5, 5.41) is 25.3. The SMILES string of the molecule is Cc1nc(C(=O)N2CCC[C@H]2NC(=O)[C@@H](Cc2ccccc2)C(=O)N[C@@H](CC(C)C)C(=O)NC(C)(C)C(=O)N[C@@H](CC(C)C)C(=O)N[C@@H](CC(C)C)C(=O)NC(C)(C)C(=O)NC(C)(C)C(=O)NCCC(=O)NC2(CN(C)C)CCC2)co1. The second kappa shape index (κ2) is 29.4. The molecule has 0 spiro atoms. The first-order valence-electron chi connectivity index (χ1n) is 28.8. The molecular weight excluding hydrogens is 1050 g/mol. The molecule has 5 atom stereocenters. The number of carbonyl (C=O) groups is 10. The number of benzene rings is 1. The number of likely N-dealkylation sites (tertiary alicyclic amines) is 1. The predicted octanol–water partition coefficient (Wildman–Crippen LogP) is 2.90. The van der Waals surface area contributed by atoms with E-state index < -0.39 is 100.0 Å². The monoisotopic (exact) mass is 1150 g/mol. The van der Waals surface area contributed by atoms with Gasteiger partial charge >= 0.3 is 0 Å². The zero-order valence-electron chi connectivity index (χ0n) is 51.1. The molecule has 23 nitrogen and oxygen atoms in total. The summed E-state index contributed by atoms with van der Waals surface area (Å²) in [5.74, 6) is -7.52. The molecule has 82 heavy (non-hydrogen) atoms. The van der Waals surface area contributed by atoms with Gasteiger partial charge in [0, 0.05) is 33.0 Å². The number of carbonyl (C=O) groups excluding carboxylic acids is 10. The first kappa shape index (κ1) is 67.6. The molecule has 1 aromatic carbocycles. The molecule has 2 fully saturated rings. The Morgan fingerprint density at radius 2 is 1.20 bits per heavy atom. The number of hydrogen-bond donors (Lipinski definition) is 9. The van der Waals surface area contributed by atoms with Crippen molar-refractivity contribution in [3.8, 4) is 0 Å². The van der Waals surface area contributed by atoms with Gasteiger partial charge in [-0.1, -0.05) is 71.9 Å². The standard InChI is InChI=1S/C59H94N12O11/c1-35(2)29-41(49(75)63-43(31-37(5)6)51(77)68-58(12,13)55(81)69-56(8,9)53(79)60-27-24-46(72)66-59(25-20-26-59)34-70(14)15)64-54(80)57(10,11)67-50(76)42(30-36(3)4)62-47(73)40(32-39-21-17-16-18-22-39)48(74)65-45-23-19-28-71(45)52(78)44-33-82-38(7)61-44/h16-18,21-22,33,35-37,40-43,45H,19-20,23-32,34H2,1-15H3,(H,60,79)(H,62,73)(H,63,75)(H,64,80)(H,65,74)(H,66,72)(H,67,76)(H,68,77)(H,69,81)/t40-,41-,42-,43-,45-/m0/s1. The lowest BCUT2D eigenvalue weighted by atomic mass is 9.76. The van der Waals surface area contributed by atoms with Crippen LogP contribution in [-0.2, 0) is 49.6 Å². The van der Waals surface area contributed by atoms with Crippen molar-refractivity contribution in [2.24, 2.45) is 23.7 Å². The van der Waals surface area contributed by atoms with E-state index in [1.807, 2.05) is 60.5 Å². The first-order valence-corrected chi connectivity index (χ1v) is 28.8. The van der Waals surface area contributed by atoms with Gasteiger partial charge in [0.05, 0.1) is 5.54 Å². The summed E-state index contributed by atoms with van der Waals surface area (Å²) in [6.45, 7) is 22.7. The van der Waals surface area contributed by atoms with Crippen molar-refractivity contribution >= 4 is 59.1 Å². The molecule has 0 radical (unpaired) electrons. The van der Waals surface area contributed by atoms with Crippen LogP contribution in [0.2, 0.25) is 0 Å². The van der Waals surface area contributed by atoms with E-state index in [-0.39, 0.29) is 73.5 Å². The maximum absolute atomic E-state index is 14.4. The van der Waals surface area contributed by atoms with Crippen LogP contribution in [0.1, 0.15) is 163 Å². The average molecular weight is 1150 g/mol. The van der Waals surface area contributed by atoms with Crippen LogP contribution in [0.4, 0.5) is 0 Å². The minimum atomic E-state index is -1.68. The van der Waals surface area contributed by atoms with E-state index in [0.717, 1.165) is 25.8 Å². The largest absolute Gasteiger partial charge is 0.448 e. The number of aryl methyl sites for hydroxylation is 1. The van der Waals surface area contributed by atoms with Crippen LogP contribution in [0.15, 0.2) is 41.0 Å². The molecule has 1 aromatic heterocycles. The van der Waals surface area contributed by atoms with Crippen molar-refractivity contribution in [3.05, 3.63) is 53.7 Å². The number of hydrogen-bond acceptors (Lipinski definition) is 13. The molecule has 2 heterocycles. The van der Waals surface area contributed by atoms with E-state index >= 15 is 0 Å². The van der Waals surface area contributed by atoms with Crippen LogP contribution in [0, 0.1) is 30.6 Å². The van der Waals surface area contributed by atoms with Gasteiger partial charge in [0.2, 0.25) is 53.2 Å². The van der Waals surface area contributed by atoms with E-state index in [1.165, 1.54) is 52.7 Å². The number of nitrogens with zero attached hydrogens (tertiary/aromatic N) is 3. The molecule has 1 saturated carbocycles. The summed E-state index contributed by atoms with van der Waals surface area (Å²) < 4.78 is 5.24. The van der Waals surface area contributed by atoms with Gasteiger partial charge in [-0.2, -0.15) is 0 Å². The maximum Gasteiger partial charge on any atom is 0.277 e. The summed E-state index contributed by atoms with van der Waals surface area (Å²) in [5.41, 5.74) is -4.23. The molecule has 23 heteroatoms. The van der Waals surface area contributed by atoms with Crippen LogP contribution in [0.25, 0.3) is 0 Å². The molecule has 2 aliphatic rings. The van der Waals surface area contributed by atoms with Crippen LogP contribution in [-0.4, -0.2) is 154 Å². The molecule has 456 valence electrons. The van der Waals surface area contributed by atoms with Crippen molar-refractivity contribution in [2.75, 3.05) is 33.7 Å².